The summed E-state index contributed by atoms with van der Waals surface area (Å²) in [5, 5.41) is 5.64. The lowest BCUT2D eigenvalue weighted by molar-refractivity contribution is 0.262. The molecular weight excluding hydrogens is 344 g/mol. The van der Waals surface area contributed by atoms with Gasteiger partial charge in [0, 0.05) is 43.6 Å². The van der Waals surface area contributed by atoms with Gasteiger partial charge in [-0.25, -0.2) is 4.79 Å². The second kappa shape index (κ2) is 8.64. The van der Waals surface area contributed by atoms with Crippen LogP contribution < -0.4 is 25.0 Å². The third kappa shape index (κ3) is 4.83. The number of amides is 2. The number of urea groups is 1. The van der Waals surface area contributed by atoms with Gasteiger partial charge < -0.3 is 29.9 Å². The summed E-state index contributed by atoms with van der Waals surface area (Å²) in [6.45, 7) is 4.15. The average Bonchev–Trinajstić information content (AvgIpc) is 2.69. The molecule has 1 aliphatic rings. The molecule has 1 saturated heterocycles. The molecule has 0 unspecified atom stereocenters. The van der Waals surface area contributed by atoms with Crippen molar-refractivity contribution in [2.24, 2.45) is 0 Å². The van der Waals surface area contributed by atoms with Crippen LogP contribution in [-0.4, -0.2) is 58.4 Å². The van der Waals surface area contributed by atoms with Crippen molar-refractivity contribution in [2.75, 3.05) is 63.0 Å². The van der Waals surface area contributed by atoms with Gasteiger partial charge in [-0.05, 0) is 43.4 Å². The number of nitrogens with zero attached hydrogens (tertiary/aromatic N) is 2. The highest BCUT2D eigenvalue weighted by Crippen LogP contribution is 2.29. The first kappa shape index (κ1) is 18.8. The molecule has 0 radical (unpaired) electrons. The molecule has 0 spiro atoms. The smallest absolute Gasteiger partial charge is 0.323 e. The van der Waals surface area contributed by atoms with Gasteiger partial charge in [-0.3, -0.25) is 0 Å². The molecule has 144 valence electrons. The van der Waals surface area contributed by atoms with Crippen molar-refractivity contribution in [3.8, 4) is 11.5 Å². The summed E-state index contributed by atoms with van der Waals surface area (Å²) < 4.78 is 10.5. The van der Waals surface area contributed by atoms with Gasteiger partial charge in [-0.1, -0.05) is 0 Å². The highest BCUT2D eigenvalue weighted by molar-refractivity contribution is 6.00. The molecule has 0 aromatic heterocycles. The van der Waals surface area contributed by atoms with Crippen LogP contribution in [0.4, 0.5) is 21.9 Å². The van der Waals surface area contributed by atoms with E-state index in [1.165, 1.54) is 5.69 Å². The maximum atomic E-state index is 12.3. The minimum atomic E-state index is -0.328. The van der Waals surface area contributed by atoms with Crippen molar-refractivity contribution in [3.63, 3.8) is 0 Å². The standard InChI is InChI=1S/C20H26N4O3/c1-23-10-12-24(13-11-23)16-6-4-15(5-7-16)21-20(25)22-18-9-8-17(26-2)14-19(18)27-3/h4-9,14H,10-13H2,1-3H3,(H2,21,22,25). The zero-order chi connectivity index (χ0) is 19.2. The fourth-order valence-electron chi connectivity index (χ4n) is 3.01. The van der Waals surface area contributed by atoms with Gasteiger partial charge in [0.1, 0.15) is 11.5 Å². The lowest BCUT2D eigenvalue weighted by Gasteiger charge is -2.34. The van der Waals surface area contributed by atoms with E-state index in [0.717, 1.165) is 31.9 Å². The number of carbonyl (C=O) groups excluding carboxylic acids is 1. The quantitative estimate of drug-likeness (QED) is 0.847. The van der Waals surface area contributed by atoms with Gasteiger partial charge in [-0.15, -0.1) is 0 Å². The van der Waals surface area contributed by atoms with E-state index in [1.54, 1.807) is 32.4 Å². The molecular formula is C20H26N4O3. The molecule has 3 rings (SSSR count). The van der Waals surface area contributed by atoms with Crippen LogP contribution in [0.2, 0.25) is 0 Å². The Kier molecular flexibility index (Phi) is 6.03. The topological polar surface area (TPSA) is 66.1 Å². The minimum Gasteiger partial charge on any atom is -0.497 e. The largest absolute Gasteiger partial charge is 0.497 e. The summed E-state index contributed by atoms with van der Waals surface area (Å²) in [5.74, 6) is 1.20. The number of benzene rings is 2. The Labute approximate surface area is 159 Å². The van der Waals surface area contributed by atoms with Crippen molar-refractivity contribution in [1.82, 2.24) is 4.90 Å². The fourth-order valence-corrected chi connectivity index (χ4v) is 3.01. The number of methoxy groups -OCH3 is 2. The fraction of sp³-hybridized carbons (Fsp3) is 0.350. The summed E-state index contributed by atoms with van der Waals surface area (Å²) >= 11 is 0. The molecule has 1 aliphatic heterocycles. The lowest BCUT2D eigenvalue weighted by Crippen LogP contribution is -2.44. The van der Waals surface area contributed by atoms with E-state index < -0.39 is 0 Å². The van der Waals surface area contributed by atoms with Crippen LogP contribution in [0.1, 0.15) is 0 Å². The molecule has 0 bridgehead atoms. The number of rotatable bonds is 5. The summed E-state index contributed by atoms with van der Waals surface area (Å²) in [6.07, 6.45) is 0. The van der Waals surface area contributed by atoms with Crippen LogP contribution in [0, 0.1) is 0 Å². The molecule has 0 aliphatic carbocycles. The maximum Gasteiger partial charge on any atom is 0.323 e. The molecule has 7 nitrogen and oxygen atoms in total. The third-order valence-corrected chi connectivity index (χ3v) is 4.65. The van der Waals surface area contributed by atoms with Crippen LogP contribution in [0.5, 0.6) is 11.5 Å². The van der Waals surface area contributed by atoms with E-state index in [0.29, 0.717) is 17.2 Å². The maximum absolute atomic E-state index is 12.3. The number of anilines is 3. The van der Waals surface area contributed by atoms with Gasteiger partial charge in [0.15, 0.2) is 0 Å². The average molecular weight is 370 g/mol. The van der Waals surface area contributed by atoms with Crippen LogP contribution in [0.15, 0.2) is 42.5 Å². The highest BCUT2D eigenvalue weighted by atomic mass is 16.5. The third-order valence-electron chi connectivity index (χ3n) is 4.65. The van der Waals surface area contributed by atoms with E-state index in [9.17, 15) is 4.79 Å². The molecule has 2 aromatic rings. The molecule has 0 saturated carbocycles. The Balaban J connectivity index is 1.59. The summed E-state index contributed by atoms with van der Waals surface area (Å²) in [4.78, 5) is 17.0. The molecule has 2 N–H and O–H groups in total. The SMILES string of the molecule is COc1ccc(NC(=O)Nc2ccc(N3CCN(C)CC3)cc2)c(OC)c1. The van der Waals surface area contributed by atoms with Crippen LogP contribution in [0.25, 0.3) is 0 Å². The zero-order valence-corrected chi connectivity index (χ0v) is 16.0. The normalized spacial score (nSPS) is 14.6. The number of hydrogen-bond acceptors (Lipinski definition) is 5. The minimum absolute atomic E-state index is 0.328. The summed E-state index contributed by atoms with van der Waals surface area (Å²) in [5.41, 5.74) is 2.48. The Morgan fingerprint density at radius 1 is 0.926 bits per heavy atom. The van der Waals surface area contributed by atoms with Crippen molar-refractivity contribution in [1.29, 1.82) is 0 Å². The highest BCUT2D eigenvalue weighted by Gasteiger charge is 2.14. The molecule has 27 heavy (non-hydrogen) atoms. The van der Waals surface area contributed by atoms with Gasteiger partial charge in [0.25, 0.3) is 0 Å². The number of likely N-dealkylation sites (N-methyl/N-ethyl adjacent to an activating group) is 1. The van der Waals surface area contributed by atoms with Crippen LogP contribution >= 0.6 is 0 Å². The molecule has 1 fully saturated rings. The molecule has 7 heteroatoms. The van der Waals surface area contributed by atoms with Gasteiger partial charge in [0.2, 0.25) is 0 Å². The molecule has 1 heterocycles. The van der Waals surface area contributed by atoms with E-state index in [-0.39, 0.29) is 6.03 Å². The Bertz CT molecular complexity index is 771. The molecule has 2 amide bonds. The van der Waals surface area contributed by atoms with Crippen LogP contribution in [-0.2, 0) is 0 Å². The van der Waals surface area contributed by atoms with Crippen molar-refractivity contribution in [3.05, 3.63) is 42.5 Å². The Morgan fingerprint density at radius 2 is 1.63 bits per heavy atom. The molecule has 2 aromatic carbocycles. The predicted octanol–water partition coefficient (Wildman–Crippen LogP) is 3.10. The van der Waals surface area contributed by atoms with Gasteiger partial charge in [0.05, 0.1) is 19.9 Å². The predicted molar refractivity (Wildman–Crippen MR) is 108 cm³/mol. The van der Waals surface area contributed by atoms with Crippen molar-refractivity contribution in [2.45, 2.75) is 0 Å². The number of carbonyl (C=O) groups is 1. The van der Waals surface area contributed by atoms with Crippen molar-refractivity contribution < 1.29 is 14.3 Å². The van der Waals surface area contributed by atoms with E-state index in [1.807, 2.05) is 24.3 Å². The first-order chi connectivity index (χ1) is 13.1. The second-order valence-corrected chi connectivity index (χ2v) is 6.48. The van der Waals surface area contributed by atoms with E-state index >= 15 is 0 Å². The monoisotopic (exact) mass is 370 g/mol. The number of nitrogens with one attached hydrogen (secondary N) is 2. The second-order valence-electron chi connectivity index (χ2n) is 6.48. The number of hydrogen-bond donors (Lipinski definition) is 2. The molecule has 0 atom stereocenters. The van der Waals surface area contributed by atoms with E-state index in [2.05, 4.69) is 27.5 Å². The van der Waals surface area contributed by atoms with Crippen LogP contribution in [0.3, 0.4) is 0 Å². The number of ether oxygens (including phenoxy) is 2. The first-order valence-electron chi connectivity index (χ1n) is 8.92. The zero-order valence-electron chi connectivity index (χ0n) is 16.0. The van der Waals surface area contributed by atoms with E-state index in [4.69, 9.17) is 9.47 Å². The summed E-state index contributed by atoms with van der Waals surface area (Å²) in [7, 11) is 5.27. The first-order valence-corrected chi connectivity index (χ1v) is 8.92. The Morgan fingerprint density at radius 3 is 2.26 bits per heavy atom. The summed E-state index contributed by atoms with van der Waals surface area (Å²) in [6, 6.07) is 12.8. The lowest BCUT2D eigenvalue weighted by atomic mass is 10.2. The number of piperazine rings is 1. The Hall–Kier alpha value is -2.93. The van der Waals surface area contributed by atoms with Gasteiger partial charge >= 0.3 is 6.03 Å². The van der Waals surface area contributed by atoms with Gasteiger partial charge in [-0.2, -0.15) is 0 Å². The van der Waals surface area contributed by atoms with Crippen molar-refractivity contribution >= 4 is 23.1 Å².